The van der Waals surface area contributed by atoms with Crippen molar-refractivity contribution in [3.63, 3.8) is 0 Å². The lowest BCUT2D eigenvalue weighted by Crippen LogP contribution is -2.19. The Bertz CT molecular complexity index is 1250. The first-order chi connectivity index (χ1) is 14.8. The molecule has 6 rings (SSSR count). The highest BCUT2D eigenvalue weighted by Crippen LogP contribution is 2.22. The summed E-state index contributed by atoms with van der Waals surface area (Å²) in [5.74, 6) is 1.98. The molecule has 0 spiro atoms. The minimum Gasteiger partial charge on any atom is -0.368 e. The summed E-state index contributed by atoms with van der Waals surface area (Å²) in [6.45, 7) is 3.54. The van der Waals surface area contributed by atoms with Crippen LogP contribution < -0.4 is 10.6 Å². The van der Waals surface area contributed by atoms with Crippen LogP contribution >= 0.6 is 0 Å². The van der Waals surface area contributed by atoms with Crippen LogP contribution in [-0.2, 0) is 0 Å². The van der Waals surface area contributed by atoms with E-state index in [1.165, 1.54) is 10.8 Å². The van der Waals surface area contributed by atoms with Gasteiger partial charge >= 0.3 is 0 Å². The molecule has 148 valence electrons. The Balaban J connectivity index is 1.27. The molecular formula is C24H22N6. The van der Waals surface area contributed by atoms with Crippen molar-refractivity contribution in [1.29, 1.82) is 0 Å². The Kier molecular flexibility index (Phi) is 3.94. The molecule has 6 heteroatoms. The molecule has 4 N–H and O–H groups in total. The summed E-state index contributed by atoms with van der Waals surface area (Å²) in [4.78, 5) is 16.0. The van der Waals surface area contributed by atoms with E-state index in [0.29, 0.717) is 0 Å². The van der Waals surface area contributed by atoms with Gasteiger partial charge in [-0.25, -0.2) is 0 Å². The number of fused-ring (bicyclic) bond motifs is 2. The second kappa shape index (κ2) is 6.91. The molecule has 0 bridgehead atoms. The molecule has 4 aromatic rings. The number of H-pyrrole nitrogens is 2. The predicted molar refractivity (Wildman–Crippen MR) is 124 cm³/mol. The Hall–Kier alpha value is -3.80. The van der Waals surface area contributed by atoms with Gasteiger partial charge in [0.15, 0.2) is 0 Å². The molecule has 6 nitrogen and oxygen atoms in total. The molecule has 4 heterocycles. The fourth-order valence-electron chi connectivity index (χ4n) is 4.14. The number of nitrogens with zero attached hydrogens (tertiary/aromatic N) is 2. The van der Waals surface area contributed by atoms with Gasteiger partial charge in [-0.05, 0) is 48.6 Å². The fourth-order valence-corrected chi connectivity index (χ4v) is 4.14. The molecule has 0 radical (unpaired) electrons. The lowest BCUT2D eigenvalue weighted by atomic mass is 10.1. The van der Waals surface area contributed by atoms with Crippen LogP contribution in [-0.4, -0.2) is 47.8 Å². The molecule has 0 aliphatic carbocycles. The number of amidine groups is 2. The molecule has 0 saturated carbocycles. The largest absolute Gasteiger partial charge is 0.368 e. The van der Waals surface area contributed by atoms with Crippen LogP contribution in [0.25, 0.3) is 34.0 Å². The molecule has 2 aliphatic rings. The number of nitrogens with one attached hydrogen (secondary N) is 4. The molecule has 0 unspecified atom stereocenters. The zero-order chi connectivity index (χ0) is 19.9. The monoisotopic (exact) mass is 394 g/mol. The quantitative estimate of drug-likeness (QED) is 0.427. The second-order valence-corrected chi connectivity index (χ2v) is 7.70. The van der Waals surface area contributed by atoms with E-state index < -0.39 is 0 Å². The van der Waals surface area contributed by atoms with Crippen LogP contribution in [0.2, 0.25) is 0 Å². The van der Waals surface area contributed by atoms with Crippen LogP contribution in [0.5, 0.6) is 0 Å². The smallest absolute Gasteiger partial charge is 0.128 e. The summed E-state index contributed by atoms with van der Waals surface area (Å²) in [7, 11) is 0. The van der Waals surface area contributed by atoms with Gasteiger partial charge in [0.1, 0.15) is 11.7 Å². The number of hydrogen-bond acceptors (Lipinski definition) is 4. The zero-order valence-electron chi connectivity index (χ0n) is 16.5. The van der Waals surface area contributed by atoms with Crippen LogP contribution in [0.15, 0.2) is 58.5 Å². The molecule has 0 atom stereocenters. The average Bonchev–Trinajstić information content (AvgIpc) is 3.56. The Labute approximate surface area is 173 Å². The number of benzene rings is 2. The van der Waals surface area contributed by atoms with Crippen molar-refractivity contribution in [3.8, 4) is 0 Å². The van der Waals surface area contributed by atoms with Crippen molar-refractivity contribution >= 4 is 45.6 Å². The van der Waals surface area contributed by atoms with E-state index in [1.54, 1.807) is 0 Å². The minimum atomic E-state index is 0.850. The van der Waals surface area contributed by atoms with E-state index >= 15 is 0 Å². The number of aliphatic imine (C=N–C) groups is 2. The van der Waals surface area contributed by atoms with E-state index in [2.05, 4.69) is 91.3 Å². The molecule has 0 amide bonds. The van der Waals surface area contributed by atoms with Crippen LogP contribution in [0, 0.1) is 0 Å². The van der Waals surface area contributed by atoms with Crippen molar-refractivity contribution in [3.05, 3.63) is 71.0 Å². The summed E-state index contributed by atoms with van der Waals surface area (Å²) in [6, 6.07) is 17.2. The van der Waals surface area contributed by atoms with Gasteiger partial charge in [0, 0.05) is 57.4 Å². The highest BCUT2D eigenvalue weighted by molar-refractivity contribution is 6.03. The predicted octanol–water partition coefficient (Wildman–Crippen LogP) is 3.52. The van der Waals surface area contributed by atoms with E-state index in [9.17, 15) is 0 Å². The maximum atomic E-state index is 4.51. The Morgan fingerprint density at radius 3 is 1.97 bits per heavy atom. The summed E-state index contributed by atoms with van der Waals surface area (Å²) < 4.78 is 0. The molecule has 2 aromatic heterocycles. The van der Waals surface area contributed by atoms with Gasteiger partial charge in [-0.2, -0.15) is 0 Å². The summed E-state index contributed by atoms with van der Waals surface area (Å²) in [6.07, 6.45) is 4.22. The van der Waals surface area contributed by atoms with Gasteiger partial charge in [-0.1, -0.05) is 12.1 Å². The third-order valence-electron chi connectivity index (χ3n) is 5.62. The van der Waals surface area contributed by atoms with E-state index in [-0.39, 0.29) is 0 Å². The van der Waals surface area contributed by atoms with Crippen molar-refractivity contribution in [1.82, 2.24) is 20.6 Å². The van der Waals surface area contributed by atoms with Crippen LogP contribution in [0.3, 0.4) is 0 Å². The van der Waals surface area contributed by atoms with E-state index in [4.69, 9.17) is 0 Å². The molecule has 0 fully saturated rings. The Morgan fingerprint density at radius 1 is 0.633 bits per heavy atom. The summed E-state index contributed by atoms with van der Waals surface area (Å²) in [5.41, 5.74) is 6.67. The van der Waals surface area contributed by atoms with Crippen molar-refractivity contribution in [2.45, 2.75) is 0 Å². The lowest BCUT2D eigenvalue weighted by molar-refractivity contribution is 0.960. The normalized spacial score (nSPS) is 16.3. The van der Waals surface area contributed by atoms with Gasteiger partial charge in [-0.15, -0.1) is 0 Å². The second-order valence-electron chi connectivity index (χ2n) is 7.70. The Morgan fingerprint density at radius 2 is 1.27 bits per heavy atom. The number of aromatic amines is 2. The molecule has 0 saturated heterocycles. The van der Waals surface area contributed by atoms with E-state index in [1.807, 2.05) is 0 Å². The first kappa shape index (κ1) is 17.1. The highest BCUT2D eigenvalue weighted by atomic mass is 15.1. The standard InChI is InChI=1S/C24H22N6/c1-2-17(24-27-9-10-28-24)14-22-15(1)12-19(30-22)4-5-20-13-18-11-16(3-6-21(18)29-20)23-25-7-8-26-23/h1-6,11-14,29-30H,7-10H2,(H,25,26)(H,27,28)/b5-4+. The van der Waals surface area contributed by atoms with Crippen LogP contribution in [0.4, 0.5) is 0 Å². The van der Waals surface area contributed by atoms with E-state index in [0.717, 1.165) is 71.4 Å². The summed E-state index contributed by atoms with van der Waals surface area (Å²) in [5, 5.41) is 9.05. The third kappa shape index (κ3) is 3.06. The summed E-state index contributed by atoms with van der Waals surface area (Å²) >= 11 is 0. The van der Waals surface area contributed by atoms with Crippen molar-refractivity contribution in [2.24, 2.45) is 9.98 Å². The number of hydrogen-bond donors (Lipinski definition) is 4. The number of aromatic nitrogens is 2. The fraction of sp³-hybridized carbons (Fsp3) is 0.167. The SMILES string of the molecule is C(=C\c1cc2ccc(C3=NCCN3)cc2[nH]1)/c1cc2cc(C3=NCCN3)ccc2[nH]1. The van der Waals surface area contributed by atoms with Gasteiger partial charge in [0.25, 0.3) is 0 Å². The van der Waals surface area contributed by atoms with Crippen LogP contribution in [0.1, 0.15) is 22.5 Å². The molecule has 2 aromatic carbocycles. The first-order valence-corrected chi connectivity index (χ1v) is 10.3. The maximum Gasteiger partial charge on any atom is 0.128 e. The van der Waals surface area contributed by atoms with Crippen molar-refractivity contribution < 1.29 is 0 Å². The number of rotatable bonds is 4. The van der Waals surface area contributed by atoms with Gasteiger partial charge < -0.3 is 20.6 Å². The van der Waals surface area contributed by atoms with Gasteiger partial charge in [-0.3, -0.25) is 9.98 Å². The highest BCUT2D eigenvalue weighted by Gasteiger charge is 2.10. The van der Waals surface area contributed by atoms with Crippen molar-refractivity contribution in [2.75, 3.05) is 26.2 Å². The van der Waals surface area contributed by atoms with Gasteiger partial charge in [0.2, 0.25) is 0 Å². The maximum absolute atomic E-state index is 4.51. The zero-order valence-corrected chi connectivity index (χ0v) is 16.5. The topological polar surface area (TPSA) is 80.4 Å². The molecule has 2 aliphatic heterocycles. The molecule has 30 heavy (non-hydrogen) atoms. The molecular weight excluding hydrogens is 372 g/mol. The van der Waals surface area contributed by atoms with Gasteiger partial charge in [0.05, 0.1) is 13.1 Å². The minimum absolute atomic E-state index is 0.850. The first-order valence-electron chi connectivity index (χ1n) is 10.3. The lowest BCUT2D eigenvalue weighted by Gasteiger charge is -2.01. The average molecular weight is 394 g/mol. The third-order valence-corrected chi connectivity index (χ3v) is 5.62.